The van der Waals surface area contributed by atoms with Gasteiger partial charge in [-0.15, -0.1) is 0 Å². The predicted molar refractivity (Wildman–Crippen MR) is 217 cm³/mol. The first-order valence-electron chi connectivity index (χ1n) is 18.1. The molecule has 1 aromatic heterocycles. The number of amidine groups is 1. The fraction of sp³-hybridized carbons (Fsp3) is 0.0638. The summed E-state index contributed by atoms with van der Waals surface area (Å²) in [6, 6.07) is 60.0. The van der Waals surface area contributed by atoms with Gasteiger partial charge in [0, 0.05) is 34.4 Å². The van der Waals surface area contributed by atoms with Crippen LogP contribution in [0.3, 0.4) is 0 Å². The normalized spacial score (nSPS) is 17.9. The summed E-state index contributed by atoms with van der Waals surface area (Å²) in [5.41, 5.74) is 10.3. The van der Waals surface area contributed by atoms with E-state index >= 15 is 0 Å². The van der Waals surface area contributed by atoms with Crippen LogP contribution in [0.25, 0.3) is 32.7 Å². The van der Waals surface area contributed by atoms with Crippen LogP contribution in [0.15, 0.2) is 187 Å². The fourth-order valence-electron chi connectivity index (χ4n) is 7.85. The van der Waals surface area contributed by atoms with Gasteiger partial charge in [0.2, 0.25) is 0 Å². The van der Waals surface area contributed by atoms with E-state index in [-0.39, 0.29) is 18.5 Å². The highest BCUT2D eigenvalue weighted by atomic mass is 15.3. The van der Waals surface area contributed by atoms with E-state index < -0.39 is 0 Å². The molecule has 53 heavy (non-hydrogen) atoms. The quantitative estimate of drug-likeness (QED) is 0.152. The van der Waals surface area contributed by atoms with Crippen LogP contribution < -0.4 is 20.9 Å². The first-order chi connectivity index (χ1) is 26.3. The molecular weight excluding hydrogens is 649 g/mol. The van der Waals surface area contributed by atoms with Crippen molar-refractivity contribution in [3.63, 3.8) is 0 Å². The molecule has 2 aliphatic rings. The van der Waals surface area contributed by atoms with Gasteiger partial charge in [0.15, 0.2) is 0 Å². The zero-order valence-corrected chi connectivity index (χ0v) is 28.9. The molecule has 0 saturated carbocycles. The van der Waals surface area contributed by atoms with Gasteiger partial charge in [0.1, 0.15) is 24.3 Å². The Hall–Kier alpha value is -6.76. The monoisotopic (exact) mass is 684 g/mol. The van der Waals surface area contributed by atoms with Gasteiger partial charge in [-0.3, -0.25) is 10.3 Å². The zero-order valence-electron chi connectivity index (χ0n) is 28.9. The number of fused-ring (bicyclic) bond motifs is 6. The van der Waals surface area contributed by atoms with Crippen molar-refractivity contribution in [2.75, 3.05) is 10.2 Å². The number of aromatic nitrogens is 1. The Morgan fingerprint density at radius 1 is 0.472 bits per heavy atom. The Labute approximate surface area is 308 Å². The van der Waals surface area contributed by atoms with Crippen LogP contribution in [0, 0.1) is 0 Å². The summed E-state index contributed by atoms with van der Waals surface area (Å²) >= 11 is 0. The van der Waals surface area contributed by atoms with Crippen molar-refractivity contribution in [1.82, 2.24) is 15.6 Å². The van der Waals surface area contributed by atoms with Gasteiger partial charge in [0.05, 0.1) is 11.4 Å². The largest absolute Gasteiger partial charge is 0.359 e. The van der Waals surface area contributed by atoms with Gasteiger partial charge in [-0.25, -0.2) is 4.99 Å². The Morgan fingerprint density at radius 2 is 1.08 bits per heavy atom. The number of pyridine rings is 1. The minimum atomic E-state index is -0.166. The third-order valence-electron chi connectivity index (χ3n) is 10.4. The molecule has 0 radical (unpaired) electrons. The molecule has 7 aromatic carbocycles. The molecule has 2 aliphatic heterocycles. The smallest absolute Gasteiger partial charge is 0.131 e. The SMILES string of the molecule is c1ccc(C2=NC(c3ccccc3)NC(c3ccc(-c4ccc(N5c6c(c7ccccc7c7ccncc67)NC5c5ccccc5)cc4)cc3)N2)cc1. The molecule has 3 N–H and O–H groups in total. The standard InChI is InChI=1S/C47H36N6/c1-4-12-33(13-5-1)44-50-45(34-14-6-2-7-15-34)52-46(51-44)35-22-20-31(21-23-35)32-24-26-37(27-25-32)53-43-41-30-48-29-28-39(41)38-18-10-11-19-40(38)42(43)49-47(53)36-16-8-3-9-17-36/h1-30,44,46-47,49,51H,(H,50,52). The molecule has 3 unspecified atom stereocenters. The Morgan fingerprint density at radius 3 is 1.79 bits per heavy atom. The second-order valence-electron chi connectivity index (χ2n) is 13.6. The minimum absolute atomic E-state index is 0.0786. The second-order valence-corrected chi connectivity index (χ2v) is 13.6. The Bertz CT molecular complexity index is 2590. The number of benzene rings is 7. The number of nitrogens with zero attached hydrogens (tertiary/aromatic N) is 3. The van der Waals surface area contributed by atoms with E-state index in [1.165, 1.54) is 21.7 Å². The van der Waals surface area contributed by atoms with Crippen LogP contribution in [0.1, 0.15) is 40.8 Å². The third-order valence-corrected chi connectivity index (χ3v) is 10.4. The maximum absolute atomic E-state index is 5.06. The molecule has 3 heterocycles. The predicted octanol–water partition coefficient (Wildman–Crippen LogP) is 10.7. The van der Waals surface area contributed by atoms with Crippen molar-refractivity contribution in [2.45, 2.75) is 18.5 Å². The van der Waals surface area contributed by atoms with Crippen LogP contribution in [0.2, 0.25) is 0 Å². The van der Waals surface area contributed by atoms with E-state index in [0.29, 0.717) is 0 Å². The first kappa shape index (κ1) is 31.0. The van der Waals surface area contributed by atoms with Gasteiger partial charge in [-0.2, -0.15) is 0 Å². The molecule has 0 saturated heterocycles. The number of hydrogen-bond donors (Lipinski definition) is 3. The third kappa shape index (κ3) is 5.57. The summed E-state index contributed by atoms with van der Waals surface area (Å²) in [6.07, 6.45) is 3.54. The molecular formula is C47H36N6. The first-order valence-corrected chi connectivity index (χ1v) is 18.1. The Balaban J connectivity index is 0.984. The summed E-state index contributed by atoms with van der Waals surface area (Å²) in [4.78, 5) is 12.1. The molecule has 0 spiro atoms. The highest BCUT2D eigenvalue weighted by Crippen LogP contribution is 2.53. The van der Waals surface area contributed by atoms with Crippen LogP contribution >= 0.6 is 0 Å². The van der Waals surface area contributed by atoms with E-state index in [2.05, 4.69) is 184 Å². The zero-order chi connectivity index (χ0) is 35.1. The number of nitrogens with one attached hydrogen (secondary N) is 3. The van der Waals surface area contributed by atoms with Gasteiger partial charge in [-0.1, -0.05) is 152 Å². The van der Waals surface area contributed by atoms with Gasteiger partial charge < -0.3 is 15.5 Å². The lowest BCUT2D eigenvalue weighted by Crippen LogP contribution is -2.44. The maximum Gasteiger partial charge on any atom is 0.131 e. The average Bonchev–Trinajstić information content (AvgIpc) is 3.66. The molecule has 6 heteroatoms. The lowest BCUT2D eigenvalue weighted by Gasteiger charge is -2.32. The minimum Gasteiger partial charge on any atom is -0.359 e. The lowest BCUT2D eigenvalue weighted by atomic mass is 9.99. The summed E-state index contributed by atoms with van der Waals surface area (Å²) in [5, 5.41) is 16.1. The van der Waals surface area contributed by atoms with E-state index in [9.17, 15) is 0 Å². The highest BCUT2D eigenvalue weighted by Gasteiger charge is 2.34. The molecule has 3 atom stereocenters. The molecule has 0 fully saturated rings. The average molecular weight is 685 g/mol. The molecule has 8 aromatic rings. The molecule has 10 rings (SSSR count). The van der Waals surface area contributed by atoms with Crippen LogP contribution in [-0.4, -0.2) is 10.8 Å². The van der Waals surface area contributed by atoms with Crippen molar-refractivity contribution >= 4 is 44.4 Å². The molecule has 0 bridgehead atoms. The molecule has 254 valence electrons. The van der Waals surface area contributed by atoms with Crippen molar-refractivity contribution < 1.29 is 0 Å². The number of hydrogen-bond acceptors (Lipinski definition) is 6. The van der Waals surface area contributed by atoms with Crippen molar-refractivity contribution in [3.8, 4) is 11.1 Å². The number of rotatable bonds is 6. The fourth-order valence-corrected chi connectivity index (χ4v) is 7.85. The van der Waals surface area contributed by atoms with E-state index in [4.69, 9.17) is 4.99 Å². The second kappa shape index (κ2) is 13.1. The van der Waals surface area contributed by atoms with Crippen LogP contribution in [-0.2, 0) is 0 Å². The molecule has 0 amide bonds. The highest BCUT2D eigenvalue weighted by molar-refractivity contribution is 6.22. The van der Waals surface area contributed by atoms with Crippen molar-refractivity contribution in [1.29, 1.82) is 0 Å². The van der Waals surface area contributed by atoms with E-state index in [1.54, 1.807) is 0 Å². The van der Waals surface area contributed by atoms with Gasteiger partial charge >= 0.3 is 0 Å². The summed E-state index contributed by atoms with van der Waals surface area (Å²) in [5.74, 6) is 0.881. The number of anilines is 3. The maximum atomic E-state index is 5.06. The van der Waals surface area contributed by atoms with Crippen molar-refractivity contribution in [2.24, 2.45) is 4.99 Å². The molecule has 6 nitrogen and oxygen atoms in total. The van der Waals surface area contributed by atoms with Crippen LogP contribution in [0.5, 0.6) is 0 Å². The summed E-state index contributed by atoms with van der Waals surface area (Å²) in [7, 11) is 0. The topological polar surface area (TPSA) is 64.6 Å². The lowest BCUT2D eigenvalue weighted by molar-refractivity contribution is 0.409. The Kier molecular flexibility index (Phi) is 7.66. The van der Waals surface area contributed by atoms with Crippen LogP contribution in [0.4, 0.5) is 17.1 Å². The van der Waals surface area contributed by atoms with Gasteiger partial charge in [0.25, 0.3) is 0 Å². The number of aliphatic imine (C=N–C) groups is 1. The van der Waals surface area contributed by atoms with E-state index in [1.807, 2.05) is 24.5 Å². The van der Waals surface area contributed by atoms with Crippen molar-refractivity contribution in [3.05, 3.63) is 205 Å². The summed E-state index contributed by atoms with van der Waals surface area (Å²) < 4.78 is 0. The summed E-state index contributed by atoms with van der Waals surface area (Å²) in [6.45, 7) is 0. The van der Waals surface area contributed by atoms with Gasteiger partial charge in [-0.05, 0) is 56.8 Å². The molecule has 0 aliphatic carbocycles. The van der Waals surface area contributed by atoms with E-state index in [0.717, 1.165) is 56.1 Å².